The summed E-state index contributed by atoms with van der Waals surface area (Å²) in [6, 6.07) is 7.76. The molecule has 0 fully saturated rings. The van der Waals surface area contributed by atoms with E-state index in [4.69, 9.17) is 11.6 Å². The molecule has 0 atom stereocenters. The van der Waals surface area contributed by atoms with Gasteiger partial charge in [-0.1, -0.05) is 23.7 Å². The minimum Gasteiger partial charge on any atom is -0.378 e. The van der Waals surface area contributed by atoms with Crippen molar-refractivity contribution < 1.29 is 0 Å². The van der Waals surface area contributed by atoms with E-state index in [-0.39, 0.29) is 0 Å². The molecule has 1 aromatic heterocycles. The highest BCUT2D eigenvalue weighted by Gasteiger charge is 1.94. The Morgan fingerprint density at radius 1 is 1.29 bits per heavy atom. The highest BCUT2D eigenvalue weighted by atomic mass is 35.5. The zero-order valence-electron chi connectivity index (χ0n) is 7.50. The summed E-state index contributed by atoms with van der Waals surface area (Å²) in [6.07, 6.45) is 3.56. The molecule has 0 aliphatic carbocycles. The van der Waals surface area contributed by atoms with Gasteiger partial charge in [-0.3, -0.25) is 5.10 Å². The maximum atomic E-state index is 5.78. The molecule has 2 aromatic rings. The van der Waals surface area contributed by atoms with Crippen LogP contribution in [0.4, 0.5) is 5.69 Å². The standard InChI is InChI=1S/C10H10ClN3/c11-9-3-1-8(2-4-9)5-12-10-6-13-14-7-10/h1-4,6-7,12H,5H2,(H,13,14). The molecule has 0 saturated carbocycles. The Labute approximate surface area is 87.1 Å². The molecule has 1 aromatic carbocycles. The summed E-state index contributed by atoms with van der Waals surface area (Å²) in [7, 11) is 0. The van der Waals surface area contributed by atoms with Gasteiger partial charge in [0.1, 0.15) is 0 Å². The molecule has 2 rings (SSSR count). The van der Waals surface area contributed by atoms with E-state index in [9.17, 15) is 0 Å². The zero-order valence-corrected chi connectivity index (χ0v) is 8.25. The molecule has 1 heterocycles. The van der Waals surface area contributed by atoms with Crippen LogP contribution in [0.5, 0.6) is 0 Å². The lowest BCUT2D eigenvalue weighted by Crippen LogP contribution is -1.97. The molecule has 14 heavy (non-hydrogen) atoms. The highest BCUT2D eigenvalue weighted by molar-refractivity contribution is 6.30. The molecule has 4 heteroatoms. The molecule has 0 aliphatic heterocycles. The molecule has 0 unspecified atom stereocenters. The van der Waals surface area contributed by atoms with Crippen molar-refractivity contribution in [3.8, 4) is 0 Å². The van der Waals surface area contributed by atoms with Crippen LogP contribution in [-0.4, -0.2) is 10.2 Å². The molecule has 2 N–H and O–H groups in total. The van der Waals surface area contributed by atoms with E-state index in [1.807, 2.05) is 30.5 Å². The first-order chi connectivity index (χ1) is 6.84. The van der Waals surface area contributed by atoms with Crippen LogP contribution < -0.4 is 5.32 Å². The Morgan fingerprint density at radius 3 is 2.71 bits per heavy atom. The van der Waals surface area contributed by atoms with E-state index in [2.05, 4.69) is 15.5 Å². The van der Waals surface area contributed by atoms with Gasteiger partial charge >= 0.3 is 0 Å². The van der Waals surface area contributed by atoms with Crippen molar-refractivity contribution in [2.75, 3.05) is 5.32 Å². The Balaban J connectivity index is 1.95. The summed E-state index contributed by atoms with van der Waals surface area (Å²) in [5.74, 6) is 0. The number of aromatic amines is 1. The molecule has 0 saturated heterocycles. The summed E-state index contributed by atoms with van der Waals surface area (Å²) in [4.78, 5) is 0. The minimum absolute atomic E-state index is 0.761. The number of hydrogen-bond acceptors (Lipinski definition) is 2. The normalized spacial score (nSPS) is 10.1. The smallest absolute Gasteiger partial charge is 0.0726 e. The van der Waals surface area contributed by atoms with Crippen LogP contribution in [0, 0.1) is 0 Å². The van der Waals surface area contributed by atoms with Crippen LogP contribution in [0.3, 0.4) is 0 Å². The van der Waals surface area contributed by atoms with Crippen LogP contribution in [0.2, 0.25) is 5.02 Å². The van der Waals surface area contributed by atoms with Crippen LogP contribution >= 0.6 is 11.6 Å². The minimum atomic E-state index is 0.761. The third kappa shape index (κ3) is 2.26. The van der Waals surface area contributed by atoms with Crippen molar-refractivity contribution in [2.45, 2.75) is 6.54 Å². The van der Waals surface area contributed by atoms with Gasteiger partial charge in [-0.2, -0.15) is 5.10 Å². The van der Waals surface area contributed by atoms with Gasteiger partial charge < -0.3 is 5.32 Å². The highest BCUT2D eigenvalue weighted by Crippen LogP contribution is 2.11. The second-order valence-corrected chi connectivity index (χ2v) is 3.40. The lowest BCUT2D eigenvalue weighted by Gasteiger charge is -2.02. The maximum absolute atomic E-state index is 5.78. The molecule has 0 radical (unpaired) electrons. The van der Waals surface area contributed by atoms with E-state index >= 15 is 0 Å². The van der Waals surface area contributed by atoms with Gasteiger partial charge in [0.25, 0.3) is 0 Å². The fourth-order valence-corrected chi connectivity index (χ4v) is 1.28. The molecule has 0 bridgehead atoms. The van der Waals surface area contributed by atoms with Crippen molar-refractivity contribution in [3.63, 3.8) is 0 Å². The fourth-order valence-electron chi connectivity index (χ4n) is 1.15. The second kappa shape index (κ2) is 4.15. The second-order valence-electron chi connectivity index (χ2n) is 2.97. The Hall–Kier alpha value is -1.48. The molecule has 0 aliphatic rings. The predicted octanol–water partition coefficient (Wildman–Crippen LogP) is 2.68. The van der Waals surface area contributed by atoms with Gasteiger partial charge in [0.15, 0.2) is 0 Å². The average Bonchev–Trinajstić information content (AvgIpc) is 2.70. The van der Waals surface area contributed by atoms with Crippen molar-refractivity contribution in [3.05, 3.63) is 47.2 Å². The summed E-state index contributed by atoms with van der Waals surface area (Å²) >= 11 is 5.78. The van der Waals surface area contributed by atoms with Crippen LogP contribution in [0.15, 0.2) is 36.7 Å². The first-order valence-corrected chi connectivity index (χ1v) is 4.69. The largest absolute Gasteiger partial charge is 0.378 e. The Morgan fingerprint density at radius 2 is 2.07 bits per heavy atom. The number of aromatic nitrogens is 2. The summed E-state index contributed by atoms with van der Waals surface area (Å²) in [6.45, 7) is 0.775. The third-order valence-corrected chi connectivity index (χ3v) is 2.16. The zero-order chi connectivity index (χ0) is 9.80. The van der Waals surface area contributed by atoms with Gasteiger partial charge in [0, 0.05) is 17.8 Å². The number of rotatable bonds is 3. The molecule has 72 valence electrons. The van der Waals surface area contributed by atoms with E-state index < -0.39 is 0 Å². The van der Waals surface area contributed by atoms with Gasteiger partial charge in [0.2, 0.25) is 0 Å². The van der Waals surface area contributed by atoms with Crippen molar-refractivity contribution >= 4 is 17.3 Å². The maximum Gasteiger partial charge on any atom is 0.0726 e. The summed E-state index contributed by atoms with van der Waals surface area (Å²) < 4.78 is 0. The molecule has 0 spiro atoms. The third-order valence-electron chi connectivity index (χ3n) is 1.91. The molecule has 3 nitrogen and oxygen atoms in total. The lowest BCUT2D eigenvalue weighted by molar-refractivity contribution is 1.09. The molecular formula is C10H10ClN3. The topological polar surface area (TPSA) is 40.7 Å². The Kier molecular flexibility index (Phi) is 2.70. The molecular weight excluding hydrogens is 198 g/mol. The SMILES string of the molecule is Clc1ccc(CNc2cn[nH]c2)cc1. The first kappa shape index (κ1) is 9.09. The predicted molar refractivity (Wildman–Crippen MR) is 57.4 cm³/mol. The number of hydrogen-bond donors (Lipinski definition) is 2. The number of anilines is 1. The fraction of sp³-hybridized carbons (Fsp3) is 0.100. The van der Waals surface area contributed by atoms with Gasteiger partial charge in [-0.15, -0.1) is 0 Å². The van der Waals surface area contributed by atoms with E-state index in [0.29, 0.717) is 0 Å². The van der Waals surface area contributed by atoms with Crippen LogP contribution in [0.1, 0.15) is 5.56 Å². The lowest BCUT2D eigenvalue weighted by atomic mass is 10.2. The van der Waals surface area contributed by atoms with Crippen molar-refractivity contribution in [1.82, 2.24) is 10.2 Å². The summed E-state index contributed by atoms with van der Waals surface area (Å²) in [5, 5.41) is 10.6. The average molecular weight is 208 g/mol. The van der Waals surface area contributed by atoms with Crippen LogP contribution in [0.25, 0.3) is 0 Å². The first-order valence-electron chi connectivity index (χ1n) is 4.32. The Bertz CT molecular complexity index is 380. The van der Waals surface area contributed by atoms with E-state index in [1.54, 1.807) is 6.20 Å². The number of nitrogens with one attached hydrogen (secondary N) is 2. The van der Waals surface area contributed by atoms with Gasteiger partial charge in [-0.25, -0.2) is 0 Å². The monoisotopic (exact) mass is 207 g/mol. The number of nitrogens with zero attached hydrogens (tertiary/aromatic N) is 1. The quantitative estimate of drug-likeness (QED) is 0.813. The van der Waals surface area contributed by atoms with Crippen molar-refractivity contribution in [1.29, 1.82) is 0 Å². The van der Waals surface area contributed by atoms with Gasteiger partial charge in [0.05, 0.1) is 11.9 Å². The van der Waals surface area contributed by atoms with Gasteiger partial charge in [-0.05, 0) is 17.7 Å². The molecule has 0 amide bonds. The summed E-state index contributed by atoms with van der Waals surface area (Å²) in [5.41, 5.74) is 2.18. The number of H-pyrrole nitrogens is 1. The van der Waals surface area contributed by atoms with E-state index in [1.165, 1.54) is 5.56 Å². The van der Waals surface area contributed by atoms with E-state index in [0.717, 1.165) is 17.3 Å². The number of halogens is 1. The van der Waals surface area contributed by atoms with Crippen molar-refractivity contribution in [2.24, 2.45) is 0 Å². The van der Waals surface area contributed by atoms with Crippen LogP contribution in [-0.2, 0) is 6.54 Å². The number of benzene rings is 1.